The highest BCUT2D eigenvalue weighted by Crippen LogP contribution is 2.29. The molecule has 2 N–H and O–H groups in total. The van der Waals surface area contributed by atoms with E-state index in [0.29, 0.717) is 6.42 Å². The molecule has 1 amide bonds. The molecular weight excluding hydrogens is 158 g/mol. The minimum atomic E-state index is -0.171. The van der Waals surface area contributed by atoms with Crippen LogP contribution in [0, 0.1) is 0 Å². The van der Waals surface area contributed by atoms with E-state index in [2.05, 4.69) is 0 Å². The van der Waals surface area contributed by atoms with Gasteiger partial charge in [-0.25, -0.2) is 0 Å². The second-order valence-corrected chi connectivity index (χ2v) is 4.40. The predicted octanol–water partition coefficient (Wildman–Crippen LogP) is 1.54. The van der Waals surface area contributed by atoms with Gasteiger partial charge in [0.25, 0.3) is 0 Å². The number of carbonyl (C=O) groups excluding carboxylic acids is 1. The molecule has 0 heterocycles. The van der Waals surface area contributed by atoms with Crippen molar-refractivity contribution >= 4 is 17.7 Å². The van der Waals surface area contributed by atoms with Gasteiger partial charge in [0.05, 0.1) is 0 Å². The van der Waals surface area contributed by atoms with Crippen molar-refractivity contribution in [2.24, 2.45) is 5.73 Å². The van der Waals surface area contributed by atoms with Crippen molar-refractivity contribution in [1.82, 2.24) is 0 Å². The van der Waals surface area contributed by atoms with Crippen LogP contribution in [0.1, 0.15) is 32.1 Å². The molecule has 11 heavy (non-hydrogen) atoms. The third kappa shape index (κ3) is 3.65. The van der Waals surface area contributed by atoms with Crippen LogP contribution >= 0.6 is 11.8 Å². The first-order valence-electron chi connectivity index (χ1n) is 4.19. The van der Waals surface area contributed by atoms with Gasteiger partial charge in [-0.05, 0) is 12.8 Å². The largest absolute Gasteiger partial charge is 0.370 e. The maximum absolute atomic E-state index is 10.4. The van der Waals surface area contributed by atoms with Gasteiger partial charge in [0.15, 0.2) is 0 Å². The molecule has 0 unspecified atom stereocenters. The number of hydrogen-bond donors (Lipinski definition) is 1. The van der Waals surface area contributed by atoms with Crippen molar-refractivity contribution in [3.05, 3.63) is 0 Å². The Morgan fingerprint density at radius 2 is 2.09 bits per heavy atom. The number of rotatable bonds is 4. The fourth-order valence-electron chi connectivity index (χ4n) is 1.38. The Hall–Kier alpha value is -0.180. The van der Waals surface area contributed by atoms with Crippen molar-refractivity contribution in [2.45, 2.75) is 37.4 Å². The van der Waals surface area contributed by atoms with Crippen LogP contribution in [-0.2, 0) is 4.79 Å². The van der Waals surface area contributed by atoms with Crippen molar-refractivity contribution < 1.29 is 4.79 Å². The summed E-state index contributed by atoms with van der Waals surface area (Å²) < 4.78 is 0. The lowest BCUT2D eigenvalue weighted by molar-refractivity contribution is -0.117. The lowest BCUT2D eigenvalue weighted by Gasteiger charge is -2.05. The average Bonchev–Trinajstić information content (AvgIpc) is 2.39. The van der Waals surface area contributed by atoms with Gasteiger partial charge >= 0.3 is 0 Å². The molecule has 1 rings (SSSR count). The van der Waals surface area contributed by atoms with Gasteiger partial charge in [-0.15, -0.1) is 0 Å². The molecule has 0 radical (unpaired) electrons. The first kappa shape index (κ1) is 8.91. The molecule has 3 heteroatoms. The van der Waals surface area contributed by atoms with Gasteiger partial charge in [0, 0.05) is 17.4 Å². The van der Waals surface area contributed by atoms with Crippen LogP contribution in [0.4, 0.5) is 0 Å². The maximum atomic E-state index is 10.4. The Kier molecular flexibility index (Phi) is 3.77. The maximum Gasteiger partial charge on any atom is 0.218 e. The first-order chi connectivity index (χ1) is 5.29. The van der Waals surface area contributed by atoms with Gasteiger partial charge in [-0.3, -0.25) is 4.79 Å². The number of hydrogen-bond acceptors (Lipinski definition) is 2. The summed E-state index contributed by atoms with van der Waals surface area (Å²) >= 11 is 1.91. The van der Waals surface area contributed by atoms with Crippen molar-refractivity contribution in [3.63, 3.8) is 0 Å². The van der Waals surface area contributed by atoms with Crippen LogP contribution in [-0.4, -0.2) is 16.9 Å². The summed E-state index contributed by atoms with van der Waals surface area (Å²) in [4.78, 5) is 10.4. The van der Waals surface area contributed by atoms with E-state index in [0.717, 1.165) is 11.0 Å². The number of amides is 1. The van der Waals surface area contributed by atoms with Crippen LogP contribution in [0.3, 0.4) is 0 Å². The third-order valence-corrected chi connectivity index (χ3v) is 3.39. The zero-order chi connectivity index (χ0) is 8.10. The highest BCUT2D eigenvalue weighted by Gasteiger charge is 2.14. The van der Waals surface area contributed by atoms with Crippen molar-refractivity contribution in [2.75, 3.05) is 5.75 Å². The normalized spacial score (nSPS) is 18.9. The highest BCUT2D eigenvalue weighted by atomic mass is 32.2. The molecule has 1 fully saturated rings. The Morgan fingerprint density at radius 3 is 2.64 bits per heavy atom. The van der Waals surface area contributed by atoms with Gasteiger partial charge in [-0.2, -0.15) is 11.8 Å². The molecule has 1 saturated carbocycles. The van der Waals surface area contributed by atoms with E-state index in [1.807, 2.05) is 11.8 Å². The number of thioether (sulfide) groups is 1. The van der Waals surface area contributed by atoms with E-state index in [9.17, 15) is 4.79 Å². The van der Waals surface area contributed by atoms with Crippen LogP contribution in [0.2, 0.25) is 0 Å². The summed E-state index contributed by atoms with van der Waals surface area (Å²) in [5.74, 6) is 0.746. The van der Waals surface area contributed by atoms with Gasteiger partial charge in [0.1, 0.15) is 0 Å². The molecule has 1 aliphatic rings. The fourth-order valence-corrected chi connectivity index (χ4v) is 2.70. The summed E-state index contributed by atoms with van der Waals surface area (Å²) in [6, 6.07) is 0. The highest BCUT2D eigenvalue weighted by molar-refractivity contribution is 7.99. The van der Waals surface area contributed by atoms with E-state index in [1.165, 1.54) is 25.7 Å². The zero-order valence-corrected chi connectivity index (χ0v) is 7.53. The smallest absolute Gasteiger partial charge is 0.218 e. The van der Waals surface area contributed by atoms with Crippen LogP contribution < -0.4 is 5.73 Å². The van der Waals surface area contributed by atoms with Crippen molar-refractivity contribution in [3.8, 4) is 0 Å². The summed E-state index contributed by atoms with van der Waals surface area (Å²) in [6.07, 6.45) is 5.95. The second kappa shape index (κ2) is 4.65. The Labute approximate surface area is 71.9 Å². The molecule has 0 spiro atoms. The SMILES string of the molecule is NC(=O)CCSC1CCCC1. The Balaban J connectivity index is 1.98. The Morgan fingerprint density at radius 1 is 1.45 bits per heavy atom. The topological polar surface area (TPSA) is 43.1 Å². The first-order valence-corrected chi connectivity index (χ1v) is 5.24. The van der Waals surface area contributed by atoms with Gasteiger partial charge in [0.2, 0.25) is 5.91 Å². The molecule has 0 aromatic heterocycles. The van der Waals surface area contributed by atoms with E-state index in [1.54, 1.807) is 0 Å². The standard InChI is InChI=1S/C8H15NOS/c9-8(10)5-6-11-7-3-1-2-4-7/h7H,1-6H2,(H2,9,10). The van der Waals surface area contributed by atoms with E-state index in [4.69, 9.17) is 5.73 Å². The van der Waals surface area contributed by atoms with Gasteiger partial charge < -0.3 is 5.73 Å². The lowest BCUT2D eigenvalue weighted by atomic mass is 10.4. The quantitative estimate of drug-likeness (QED) is 0.700. The van der Waals surface area contributed by atoms with Crippen LogP contribution in [0.5, 0.6) is 0 Å². The lowest BCUT2D eigenvalue weighted by Crippen LogP contribution is -2.11. The summed E-state index contributed by atoms with van der Waals surface area (Å²) in [5, 5.41) is 0.814. The fraction of sp³-hybridized carbons (Fsp3) is 0.875. The Bertz CT molecular complexity index is 132. The summed E-state index contributed by atoms with van der Waals surface area (Å²) in [7, 11) is 0. The van der Waals surface area contributed by atoms with E-state index < -0.39 is 0 Å². The second-order valence-electron chi connectivity index (χ2n) is 2.99. The zero-order valence-electron chi connectivity index (χ0n) is 6.71. The molecular formula is C8H15NOS. The van der Waals surface area contributed by atoms with Gasteiger partial charge in [-0.1, -0.05) is 12.8 Å². The molecule has 2 nitrogen and oxygen atoms in total. The minimum Gasteiger partial charge on any atom is -0.370 e. The summed E-state index contributed by atoms with van der Waals surface area (Å²) in [5.41, 5.74) is 5.02. The molecule has 0 aromatic carbocycles. The monoisotopic (exact) mass is 173 g/mol. The number of primary amides is 1. The predicted molar refractivity (Wildman–Crippen MR) is 48.5 cm³/mol. The minimum absolute atomic E-state index is 0.171. The van der Waals surface area contributed by atoms with E-state index in [-0.39, 0.29) is 5.91 Å². The molecule has 64 valence electrons. The molecule has 0 bridgehead atoms. The number of nitrogens with two attached hydrogens (primary N) is 1. The van der Waals surface area contributed by atoms with Crippen LogP contribution in [0.15, 0.2) is 0 Å². The molecule has 0 aliphatic heterocycles. The molecule has 0 atom stereocenters. The van der Waals surface area contributed by atoms with Crippen LogP contribution in [0.25, 0.3) is 0 Å². The average molecular weight is 173 g/mol. The van der Waals surface area contributed by atoms with Crippen molar-refractivity contribution in [1.29, 1.82) is 0 Å². The molecule has 0 aromatic rings. The van der Waals surface area contributed by atoms with E-state index >= 15 is 0 Å². The summed E-state index contributed by atoms with van der Waals surface area (Å²) in [6.45, 7) is 0. The third-order valence-electron chi connectivity index (χ3n) is 2.00. The number of carbonyl (C=O) groups is 1. The molecule has 0 saturated heterocycles. The molecule has 1 aliphatic carbocycles.